The van der Waals surface area contributed by atoms with Crippen molar-refractivity contribution < 1.29 is 4.79 Å². The van der Waals surface area contributed by atoms with E-state index in [-0.39, 0.29) is 23.9 Å². The quantitative estimate of drug-likeness (QED) is 0.670. The monoisotopic (exact) mass is 396 g/mol. The van der Waals surface area contributed by atoms with Gasteiger partial charge >= 0.3 is 0 Å². The van der Waals surface area contributed by atoms with Crippen molar-refractivity contribution in [1.82, 2.24) is 14.9 Å². The van der Waals surface area contributed by atoms with E-state index in [2.05, 4.69) is 10.3 Å². The van der Waals surface area contributed by atoms with Gasteiger partial charge in [-0.25, -0.2) is 4.98 Å². The van der Waals surface area contributed by atoms with Gasteiger partial charge in [-0.2, -0.15) is 0 Å². The molecule has 6 nitrogen and oxygen atoms in total. The number of carbonyl (C=O) groups excluding carboxylic acids is 1. The molecule has 2 aromatic heterocycles. The minimum absolute atomic E-state index is 0.0295. The summed E-state index contributed by atoms with van der Waals surface area (Å²) in [6.07, 6.45) is 6.08. The average Bonchev–Trinajstić information content (AvgIpc) is 3.11. The first-order valence-electron chi connectivity index (χ1n) is 9.70. The number of rotatable bonds is 6. The summed E-state index contributed by atoms with van der Waals surface area (Å²) in [5.41, 5.74) is 8.24. The Kier molecular flexibility index (Phi) is 5.54. The SMILES string of the molecule is NC(CNC(=O)CCn1cnc2sc3c(c2c1=O)CCCC3)c1ccccc1. The molecule has 0 radical (unpaired) electrons. The van der Waals surface area contributed by atoms with Crippen LogP contribution in [0.1, 0.15) is 41.3 Å². The third-order valence-corrected chi connectivity index (χ3v) is 6.47. The van der Waals surface area contributed by atoms with E-state index in [1.165, 1.54) is 16.9 Å². The van der Waals surface area contributed by atoms with E-state index < -0.39 is 0 Å². The molecule has 4 rings (SSSR count). The number of nitrogens with zero attached hydrogens (tertiary/aromatic N) is 2. The smallest absolute Gasteiger partial charge is 0.262 e. The zero-order valence-electron chi connectivity index (χ0n) is 15.7. The molecule has 3 aromatic rings. The standard InChI is InChI=1S/C21H24N4O2S/c22-16(14-6-2-1-3-7-14)12-23-18(26)10-11-25-13-24-20-19(21(25)27)15-8-4-5-9-17(15)28-20/h1-3,6-7,13,16H,4-5,8-12,22H2,(H,23,26). The van der Waals surface area contributed by atoms with Crippen molar-refractivity contribution >= 4 is 27.5 Å². The first-order valence-corrected chi connectivity index (χ1v) is 10.5. The van der Waals surface area contributed by atoms with Gasteiger partial charge in [0.15, 0.2) is 0 Å². The molecule has 0 spiro atoms. The number of amides is 1. The molecule has 3 N–H and O–H groups in total. The van der Waals surface area contributed by atoms with Crippen molar-refractivity contribution in [1.29, 1.82) is 0 Å². The molecule has 0 saturated heterocycles. The van der Waals surface area contributed by atoms with Gasteiger partial charge in [0.25, 0.3) is 5.56 Å². The zero-order valence-corrected chi connectivity index (χ0v) is 16.5. The normalized spacial score (nSPS) is 14.6. The summed E-state index contributed by atoms with van der Waals surface area (Å²) in [5.74, 6) is -0.120. The van der Waals surface area contributed by atoms with Crippen LogP contribution in [0.4, 0.5) is 0 Å². The van der Waals surface area contributed by atoms with Crippen molar-refractivity contribution in [2.24, 2.45) is 5.73 Å². The molecule has 1 atom stereocenters. The second kappa shape index (κ2) is 8.24. The molecule has 0 fully saturated rings. The number of benzene rings is 1. The number of hydrogen-bond acceptors (Lipinski definition) is 5. The molecule has 28 heavy (non-hydrogen) atoms. The molecule has 1 aromatic carbocycles. The van der Waals surface area contributed by atoms with E-state index in [0.717, 1.165) is 35.0 Å². The van der Waals surface area contributed by atoms with Gasteiger partial charge in [-0.15, -0.1) is 11.3 Å². The van der Waals surface area contributed by atoms with Crippen LogP contribution >= 0.6 is 11.3 Å². The van der Waals surface area contributed by atoms with E-state index in [0.29, 0.717) is 13.1 Å². The highest BCUT2D eigenvalue weighted by atomic mass is 32.1. The molecule has 2 heterocycles. The molecule has 0 aliphatic heterocycles. The number of fused-ring (bicyclic) bond motifs is 3. The number of thiophene rings is 1. The maximum Gasteiger partial charge on any atom is 0.262 e. The molecule has 1 unspecified atom stereocenters. The van der Waals surface area contributed by atoms with Gasteiger partial charge in [0.1, 0.15) is 4.83 Å². The van der Waals surface area contributed by atoms with E-state index >= 15 is 0 Å². The van der Waals surface area contributed by atoms with Crippen molar-refractivity contribution in [3.63, 3.8) is 0 Å². The van der Waals surface area contributed by atoms with Crippen LogP contribution in [0.5, 0.6) is 0 Å². The zero-order chi connectivity index (χ0) is 19.5. The lowest BCUT2D eigenvalue weighted by Gasteiger charge is -2.13. The summed E-state index contributed by atoms with van der Waals surface area (Å²) in [5, 5.41) is 3.61. The van der Waals surface area contributed by atoms with Gasteiger partial charge in [0.2, 0.25) is 5.91 Å². The minimum atomic E-state index is -0.247. The van der Waals surface area contributed by atoms with Crippen molar-refractivity contribution in [3.05, 3.63) is 63.0 Å². The van der Waals surface area contributed by atoms with Crippen LogP contribution in [0, 0.1) is 0 Å². The van der Waals surface area contributed by atoms with E-state index in [9.17, 15) is 9.59 Å². The highest BCUT2D eigenvalue weighted by Gasteiger charge is 2.20. The van der Waals surface area contributed by atoms with Crippen LogP contribution in [0.3, 0.4) is 0 Å². The van der Waals surface area contributed by atoms with Crippen LogP contribution < -0.4 is 16.6 Å². The second-order valence-corrected chi connectivity index (χ2v) is 8.29. The molecule has 1 aliphatic carbocycles. The third kappa shape index (κ3) is 3.86. The Balaban J connectivity index is 1.39. The molecule has 7 heteroatoms. The first kappa shape index (κ1) is 18.8. The minimum Gasteiger partial charge on any atom is -0.354 e. The Morgan fingerprint density at radius 3 is 2.86 bits per heavy atom. The topological polar surface area (TPSA) is 90.0 Å². The predicted molar refractivity (Wildman–Crippen MR) is 112 cm³/mol. The molecule has 0 bridgehead atoms. The number of nitrogens with two attached hydrogens (primary N) is 1. The van der Waals surface area contributed by atoms with Gasteiger partial charge in [0.05, 0.1) is 11.7 Å². The van der Waals surface area contributed by atoms with E-state index in [4.69, 9.17) is 5.73 Å². The fraction of sp³-hybridized carbons (Fsp3) is 0.381. The van der Waals surface area contributed by atoms with E-state index in [1.54, 1.807) is 22.2 Å². The Morgan fingerprint density at radius 2 is 2.04 bits per heavy atom. The molecular formula is C21H24N4O2S. The highest BCUT2D eigenvalue weighted by Crippen LogP contribution is 2.33. The van der Waals surface area contributed by atoms with Crippen molar-refractivity contribution in [2.45, 2.75) is 44.7 Å². The Labute approximate surface area is 167 Å². The highest BCUT2D eigenvalue weighted by molar-refractivity contribution is 7.18. The number of carbonyl (C=O) groups is 1. The molecule has 1 aliphatic rings. The lowest BCUT2D eigenvalue weighted by atomic mass is 9.97. The fourth-order valence-corrected chi connectivity index (χ4v) is 4.91. The molecular weight excluding hydrogens is 372 g/mol. The summed E-state index contributed by atoms with van der Waals surface area (Å²) >= 11 is 1.64. The number of aryl methyl sites for hydroxylation is 3. The Hall–Kier alpha value is -2.51. The fourth-order valence-electron chi connectivity index (χ4n) is 3.69. The van der Waals surface area contributed by atoms with Gasteiger partial charge < -0.3 is 11.1 Å². The summed E-state index contributed by atoms with van der Waals surface area (Å²) in [6, 6.07) is 9.42. The molecule has 0 saturated carbocycles. The van der Waals surface area contributed by atoms with Crippen molar-refractivity contribution in [3.8, 4) is 0 Å². The van der Waals surface area contributed by atoms with Gasteiger partial charge in [-0.1, -0.05) is 30.3 Å². The van der Waals surface area contributed by atoms with Crippen LogP contribution in [-0.4, -0.2) is 22.0 Å². The van der Waals surface area contributed by atoms with Crippen LogP contribution in [0.15, 0.2) is 41.5 Å². The maximum atomic E-state index is 12.9. The largest absolute Gasteiger partial charge is 0.354 e. The summed E-state index contributed by atoms with van der Waals surface area (Å²) in [4.78, 5) is 31.7. The van der Waals surface area contributed by atoms with Crippen LogP contribution in [-0.2, 0) is 24.2 Å². The van der Waals surface area contributed by atoms with Gasteiger partial charge in [-0.3, -0.25) is 14.2 Å². The maximum absolute atomic E-state index is 12.9. The Morgan fingerprint density at radius 1 is 1.25 bits per heavy atom. The summed E-state index contributed by atoms with van der Waals surface area (Å²) in [7, 11) is 0. The second-order valence-electron chi connectivity index (χ2n) is 7.21. The average molecular weight is 397 g/mol. The van der Waals surface area contributed by atoms with Crippen molar-refractivity contribution in [2.75, 3.05) is 6.54 Å². The molecule has 1 amide bonds. The van der Waals surface area contributed by atoms with E-state index in [1.807, 2.05) is 30.3 Å². The number of hydrogen-bond donors (Lipinski definition) is 2. The number of aromatic nitrogens is 2. The lowest BCUT2D eigenvalue weighted by molar-refractivity contribution is -0.121. The number of nitrogens with one attached hydrogen (secondary N) is 1. The summed E-state index contributed by atoms with van der Waals surface area (Å²) in [6.45, 7) is 0.686. The summed E-state index contributed by atoms with van der Waals surface area (Å²) < 4.78 is 1.56. The van der Waals surface area contributed by atoms with Gasteiger partial charge in [0, 0.05) is 30.4 Å². The van der Waals surface area contributed by atoms with Gasteiger partial charge in [-0.05, 0) is 36.8 Å². The van der Waals surface area contributed by atoms with Crippen LogP contribution in [0.2, 0.25) is 0 Å². The Bertz CT molecular complexity index is 1040. The predicted octanol–water partition coefficient (Wildman–Crippen LogP) is 2.54. The lowest BCUT2D eigenvalue weighted by Crippen LogP contribution is -2.33. The first-order chi connectivity index (χ1) is 13.6. The van der Waals surface area contributed by atoms with Crippen LogP contribution in [0.25, 0.3) is 10.2 Å². The third-order valence-electron chi connectivity index (χ3n) is 5.27. The molecule has 146 valence electrons.